The number of nitrogens with zero attached hydrogens (tertiary/aromatic N) is 2. The summed E-state index contributed by atoms with van der Waals surface area (Å²) in [5.41, 5.74) is 0.623. The van der Waals surface area contributed by atoms with Gasteiger partial charge in [0.2, 0.25) is 0 Å². The molecule has 1 aromatic rings. The molecule has 0 N–H and O–H groups in total. The third kappa shape index (κ3) is 2.97. The smallest absolute Gasteiger partial charge is 0.254 e. The van der Waals surface area contributed by atoms with Crippen LogP contribution in [0.5, 0.6) is 0 Å². The lowest BCUT2D eigenvalue weighted by atomic mass is 9.94. The number of hydrogen-bond acceptors (Lipinski definition) is 2. The number of carbonyl (C=O) groups excluding carboxylic acids is 1. The number of halogens is 1. The van der Waals surface area contributed by atoms with Crippen molar-refractivity contribution in [3.8, 4) is 0 Å². The standard InChI is InChI=1S/C13H17ClN2O/c1-16(11-5-3-2-4-6-11)13(17)10-7-8-15-12(14)9-10/h7-9,11H,2-6H2,1H3. The number of hydrogen-bond donors (Lipinski definition) is 0. The van der Waals surface area contributed by atoms with E-state index < -0.39 is 0 Å². The van der Waals surface area contributed by atoms with Gasteiger partial charge in [-0.25, -0.2) is 4.98 Å². The van der Waals surface area contributed by atoms with Crippen molar-refractivity contribution in [2.24, 2.45) is 0 Å². The molecule has 1 aromatic heterocycles. The zero-order chi connectivity index (χ0) is 12.3. The van der Waals surface area contributed by atoms with E-state index in [2.05, 4.69) is 4.98 Å². The second kappa shape index (κ2) is 5.50. The van der Waals surface area contributed by atoms with Crippen molar-refractivity contribution in [2.75, 3.05) is 7.05 Å². The van der Waals surface area contributed by atoms with Crippen molar-refractivity contribution in [2.45, 2.75) is 38.1 Å². The van der Waals surface area contributed by atoms with Crippen LogP contribution in [0.25, 0.3) is 0 Å². The van der Waals surface area contributed by atoms with Crippen molar-refractivity contribution in [3.63, 3.8) is 0 Å². The monoisotopic (exact) mass is 252 g/mol. The Labute approximate surface area is 107 Å². The van der Waals surface area contributed by atoms with E-state index in [1.54, 1.807) is 18.3 Å². The molecule has 0 aromatic carbocycles. The first-order chi connectivity index (χ1) is 8.18. The Morgan fingerprint density at radius 2 is 2.12 bits per heavy atom. The molecule has 1 aliphatic carbocycles. The van der Waals surface area contributed by atoms with Gasteiger partial charge < -0.3 is 4.90 Å². The Bertz CT molecular complexity index is 402. The van der Waals surface area contributed by atoms with Crippen LogP contribution in [0.2, 0.25) is 5.15 Å². The molecular weight excluding hydrogens is 236 g/mol. The summed E-state index contributed by atoms with van der Waals surface area (Å²) < 4.78 is 0. The van der Waals surface area contributed by atoms with Gasteiger partial charge in [-0.05, 0) is 25.0 Å². The molecule has 1 aliphatic rings. The molecule has 1 saturated carbocycles. The predicted octanol–water partition coefficient (Wildman–Crippen LogP) is 3.14. The highest BCUT2D eigenvalue weighted by Gasteiger charge is 2.22. The molecule has 1 heterocycles. The Balaban J connectivity index is 2.08. The van der Waals surface area contributed by atoms with E-state index in [9.17, 15) is 4.79 Å². The van der Waals surface area contributed by atoms with Gasteiger partial charge in [-0.1, -0.05) is 30.9 Å². The van der Waals surface area contributed by atoms with Crippen LogP contribution in [0.4, 0.5) is 0 Å². The van der Waals surface area contributed by atoms with Gasteiger partial charge in [-0.3, -0.25) is 4.79 Å². The molecule has 0 bridgehead atoms. The normalized spacial score (nSPS) is 16.8. The molecular formula is C13H17ClN2O. The maximum atomic E-state index is 12.2. The van der Waals surface area contributed by atoms with Crippen LogP contribution < -0.4 is 0 Å². The third-order valence-corrected chi connectivity index (χ3v) is 3.62. The van der Waals surface area contributed by atoms with Crippen LogP contribution in [-0.4, -0.2) is 28.9 Å². The number of aromatic nitrogens is 1. The Hall–Kier alpha value is -1.09. The molecule has 17 heavy (non-hydrogen) atoms. The summed E-state index contributed by atoms with van der Waals surface area (Å²) in [6, 6.07) is 3.72. The maximum absolute atomic E-state index is 12.2. The fourth-order valence-corrected chi connectivity index (χ4v) is 2.55. The molecule has 1 amide bonds. The second-order valence-electron chi connectivity index (χ2n) is 4.58. The van der Waals surface area contributed by atoms with Gasteiger partial charge in [-0.15, -0.1) is 0 Å². The minimum absolute atomic E-state index is 0.0428. The molecule has 92 valence electrons. The maximum Gasteiger partial charge on any atom is 0.254 e. The van der Waals surface area contributed by atoms with E-state index in [-0.39, 0.29) is 5.91 Å². The van der Waals surface area contributed by atoms with Gasteiger partial charge in [0.1, 0.15) is 5.15 Å². The van der Waals surface area contributed by atoms with Gasteiger partial charge in [-0.2, -0.15) is 0 Å². The van der Waals surface area contributed by atoms with E-state index in [0.717, 1.165) is 12.8 Å². The van der Waals surface area contributed by atoms with E-state index >= 15 is 0 Å². The number of pyridine rings is 1. The Morgan fingerprint density at radius 3 is 2.76 bits per heavy atom. The lowest BCUT2D eigenvalue weighted by Crippen LogP contribution is -2.38. The van der Waals surface area contributed by atoms with E-state index in [0.29, 0.717) is 16.8 Å². The first-order valence-corrected chi connectivity index (χ1v) is 6.45. The van der Waals surface area contributed by atoms with Crippen molar-refractivity contribution >= 4 is 17.5 Å². The SMILES string of the molecule is CN(C(=O)c1ccnc(Cl)c1)C1CCCCC1. The summed E-state index contributed by atoms with van der Waals surface area (Å²) in [5.74, 6) is 0.0428. The third-order valence-electron chi connectivity index (χ3n) is 3.42. The predicted molar refractivity (Wildman–Crippen MR) is 68.2 cm³/mol. The van der Waals surface area contributed by atoms with E-state index in [4.69, 9.17) is 11.6 Å². The van der Waals surface area contributed by atoms with Crippen LogP contribution in [0, 0.1) is 0 Å². The summed E-state index contributed by atoms with van der Waals surface area (Å²) in [4.78, 5) is 18.0. The van der Waals surface area contributed by atoms with E-state index in [1.165, 1.54) is 19.3 Å². The fourth-order valence-electron chi connectivity index (χ4n) is 2.37. The van der Waals surface area contributed by atoms with Crippen molar-refractivity contribution in [1.29, 1.82) is 0 Å². The van der Waals surface area contributed by atoms with Gasteiger partial charge in [0.15, 0.2) is 0 Å². The summed E-state index contributed by atoms with van der Waals surface area (Å²) in [5, 5.41) is 0.368. The highest BCUT2D eigenvalue weighted by molar-refractivity contribution is 6.29. The van der Waals surface area contributed by atoms with Crippen LogP contribution in [-0.2, 0) is 0 Å². The summed E-state index contributed by atoms with van der Waals surface area (Å²) in [6.07, 6.45) is 7.53. The van der Waals surface area contributed by atoms with Crippen LogP contribution >= 0.6 is 11.6 Å². The Morgan fingerprint density at radius 1 is 1.41 bits per heavy atom. The van der Waals surface area contributed by atoms with Crippen molar-refractivity contribution in [1.82, 2.24) is 9.88 Å². The minimum atomic E-state index is 0.0428. The summed E-state index contributed by atoms with van der Waals surface area (Å²) in [7, 11) is 1.88. The molecule has 0 spiro atoms. The quantitative estimate of drug-likeness (QED) is 0.758. The van der Waals surface area contributed by atoms with Crippen molar-refractivity contribution < 1.29 is 4.79 Å². The molecule has 0 aliphatic heterocycles. The molecule has 4 heteroatoms. The molecule has 3 nitrogen and oxygen atoms in total. The van der Waals surface area contributed by atoms with Gasteiger partial charge in [0.05, 0.1) is 0 Å². The topological polar surface area (TPSA) is 33.2 Å². The average Bonchev–Trinajstić information content (AvgIpc) is 2.38. The zero-order valence-corrected chi connectivity index (χ0v) is 10.8. The molecule has 1 fully saturated rings. The highest BCUT2D eigenvalue weighted by Crippen LogP contribution is 2.23. The molecule has 0 radical (unpaired) electrons. The van der Waals surface area contributed by atoms with Gasteiger partial charge >= 0.3 is 0 Å². The van der Waals surface area contributed by atoms with Gasteiger partial charge in [0, 0.05) is 24.8 Å². The lowest BCUT2D eigenvalue weighted by Gasteiger charge is -2.31. The number of rotatable bonds is 2. The highest BCUT2D eigenvalue weighted by atomic mass is 35.5. The van der Waals surface area contributed by atoms with Crippen molar-refractivity contribution in [3.05, 3.63) is 29.0 Å². The van der Waals surface area contributed by atoms with Crippen LogP contribution in [0.15, 0.2) is 18.3 Å². The fraction of sp³-hybridized carbons (Fsp3) is 0.538. The molecule has 0 saturated heterocycles. The molecule has 2 rings (SSSR count). The lowest BCUT2D eigenvalue weighted by molar-refractivity contribution is 0.0696. The van der Waals surface area contributed by atoms with Crippen LogP contribution in [0.1, 0.15) is 42.5 Å². The van der Waals surface area contributed by atoms with Crippen LogP contribution in [0.3, 0.4) is 0 Å². The second-order valence-corrected chi connectivity index (χ2v) is 4.96. The largest absolute Gasteiger partial charge is 0.339 e. The van der Waals surface area contributed by atoms with E-state index in [1.807, 2.05) is 11.9 Å². The first-order valence-electron chi connectivity index (χ1n) is 6.07. The number of amides is 1. The van der Waals surface area contributed by atoms with Gasteiger partial charge in [0.25, 0.3) is 5.91 Å². The average molecular weight is 253 g/mol. The number of carbonyl (C=O) groups is 1. The summed E-state index contributed by atoms with van der Waals surface area (Å²) >= 11 is 5.80. The molecule has 0 atom stereocenters. The Kier molecular flexibility index (Phi) is 4.00. The molecule has 0 unspecified atom stereocenters. The zero-order valence-electron chi connectivity index (χ0n) is 10.0. The summed E-state index contributed by atoms with van der Waals surface area (Å²) in [6.45, 7) is 0. The first kappa shape index (κ1) is 12.4. The minimum Gasteiger partial charge on any atom is -0.339 e.